The molecule has 112 valence electrons. The monoisotopic (exact) mass is 298 g/mol. The Bertz CT molecular complexity index is 694. The van der Waals surface area contributed by atoms with Gasteiger partial charge < -0.3 is 10.9 Å². The number of hydrogen-bond acceptors (Lipinski definition) is 3. The molecule has 0 aliphatic rings. The zero-order valence-corrected chi connectivity index (χ0v) is 12.0. The summed E-state index contributed by atoms with van der Waals surface area (Å²) >= 11 is 0. The van der Waals surface area contributed by atoms with Crippen molar-refractivity contribution < 1.29 is 19.1 Å². The van der Waals surface area contributed by atoms with Gasteiger partial charge in [-0.05, 0) is 18.2 Å². The summed E-state index contributed by atoms with van der Waals surface area (Å²) in [7, 11) is 0. The molecule has 6 heteroatoms. The van der Waals surface area contributed by atoms with Crippen LogP contribution in [0.2, 0.25) is 0 Å². The van der Waals surface area contributed by atoms with Crippen LogP contribution in [0.15, 0.2) is 66.2 Å². The smallest absolute Gasteiger partial charge is 0.249 e. The van der Waals surface area contributed by atoms with Crippen LogP contribution in [0.5, 0.6) is 0 Å². The molecule has 0 unspecified atom stereocenters. The summed E-state index contributed by atoms with van der Waals surface area (Å²) in [5.74, 6) is -0.429. The number of carbonyl (C=O) groups is 1. The van der Waals surface area contributed by atoms with Crippen LogP contribution in [0.4, 0.5) is 0 Å². The molecule has 3 N–H and O–H groups in total. The summed E-state index contributed by atoms with van der Waals surface area (Å²) in [6.07, 6.45) is 11.0. The van der Waals surface area contributed by atoms with Crippen molar-refractivity contribution in [2.24, 2.45) is 10.9 Å². The first-order valence-corrected chi connectivity index (χ1v) is 6.80. The lowest BCUT2D eigenvalue weighted by Crippen LogP contribution is -2.37. The van der Waals surface area contributed by atoms with E-state index in [2.05, 4.69) is 5.16 Å². The lowest BCUT2D eigenvalue weighted by atomic mass is 10.2. The maximum atomic E-state index is 11.0. The predicted molar refractivity (Wildman–Crippen MR) is 80.3 cm³/mol. The summed E-state index contributed by atoms with van der Waals surface area (Å²) in [5, 5.41) is 11.7. The van der Waals surface area contributed by atoms with E-state index in [1.54, 1.807) is 12.1 Å². The molecule has 0 spiro atoms. The van der Waals surface area contributed by atoms with Gasteiger partial charge in [0.25, 0.3) is 0 Å². The molecule has 0 aliphatic heterocycles. The molecule has 6 nitrogen and oxygen atoms in total. The predicted octanol–water partition coefficient (Wildman–Crippen LogP) is 0.425. The maximum Gasteiger partial charge on any atom is 0.249 e. The average molecular weight is 298 g/mol. The van der Waals surface area contributed by atoms with E-state index in [-0.39, 0.29) is 0 Å². The minimum atomic E-state index is -0.429. The van der Waals surface area contributed by atoms with E-state index in [4.69, 9.17) is 10.9 Å². The third-order valence-corrected chi connectivity index (χ3v) is 3.13. The van der Waals surface area contributed by atoms with E-state index in [1.165, 1.54) is 6.21 Å². The first-order valence-electron chi connectivity index (χ1n) is 6.80. The highest BCUT2D eigenvalue weighted by Gasteiger charge is 2.05. The average Bonchev–Trinajstić information content (AvgIpc) is 2.53. The lowest BCUT2D eigenvalue weighted by Gasteiger charge is -1.96. The molecule has 0 aromatic carbocycles. The molecule has 2 rings (SSSR count). The van der Waals surface area contributed by atoms with E-state index in [1.807, 2.05) is 58.1 Å². The van der Waals surface area contributed by atoms with Gasteiger partial charge in [-0.1, -0.05) is 5.16 Å². The number of carbonyl (C=O) groups excluding carboxylic acids is 1. The van der Waals surface area contributed by atoms with Gasteiger partial charge in [0.05, 0.1) is 5.56 Å². The summed E-state index contributed by atoms with van der Waals surface area (Å²) in [6, 6.07) is 9.05. The quantitative estimate of drug-likeness (QED) is 0.266. The summed E-state index contributed by atoms with van der Waals surface area (Å²) in [4.78, 5) is 11.0. The standard InChI is InChI=1S/C16H16N4O2/c17-16(21)14-6-11-19(12-7-14)8-3-4-10-20-9-2-1-5-15(20)13-18-22/h1-7,9,11-13H,8,10H2,(H-,17,21)/p+2. The summed E-state index contributed by atoms with van der Waals surface area (Å²) < 4.78 is 3.89. The van der Waals surface area contributed by atoms with E-state index in [0.717, 1.165) is 5.69 Å². The molecular weight excluding hydrogens is 280 g/mol. The number of allylic oxidation sites excluding steroid dienone is 2. The number of oxime groups is 1. The van der Waals surface area contributed by atoms with Crippen molar-refractivity contribution in [1.29, 1.82) is 0 Å². The Hall–Kier alpha value is -3.02. The minimum Gasteiger partial charge on any atom is -0.411 e. The van der Waals surface area contributed by atoms with Crippen LogP contribution in [0, 0.1) is 0 Å². The molecule has 2 aromatic heterocycles. The first-order chi connectivity index (χ1) is 10.7. The van der Waals surface area contributed by atoms with Crippen LogP contribution in [-0.4, -0.2) is 17.3 Å². The van der Waals surface area contributed by atoms with E-state index < -0.39 is 5.91 Å². The number of primary amides is 1. The van der Waals surface area contributed by atoms with Gasteiger partial charge in [0.1, 0.15) is 6.21 Å². The number of rotatable bonds is 6. The van der Waals surface area contributed by atoms with Gasteiger partial charge in [0, 0.05) is 24.3 Å². The molecule has 0 saturated heterocycles. The van der Waals surface area contributed by atoms with Crippen molar-refractivity contribution >= 4 is 12.1 Å². The van der Waals surface area contributed by atoms with Crippen molar-refractivity contribution in [2.75, 3.05) is 0 Å². The number of nitrogens with two attached hydrogens (primary N) is 1. The molecule has 2 aromatic rings. The van der Waals surface area contributed by atoms with Gasteiger partial charge in [-0.3, -0.25) is 4.79 Å². The Kier molecular flexibility index (Phi) is 5.37. The van der Waals surface area contributed by atoms with Crippen molar-refractivity contribution in [3.63, 3.8) is 0 Å². The van der Waals surface area contributed by atoms with Crippen LogP contribution in [-0.2, 0) is 13.1 Å². The van der Waals surface area contributed by atoms with Gasteiger partial charge in [-0.15, -0.1) is 0 Å². The van der Waals surface area contributed by atoms with Gasteiger partial charge in [0.2, 0.25) is 11.6 Å². The molecule has 0 fully saturated rings. The number of aromatic nitrogens is 2. The number of pyridine rings is 2. The van der Waals surface area contributed by atoms with Crippen LogP contribution in [0.1, 0.15) is 16.1 Å². The third-order valence-electron chi connectivity index (χ3n) is 3.13. The maximum absolute atomic E-state index is 11.0. The van der Waals surface area contributed by atoms with Crippen LogP contribution >= 0.6 is 0 Å². The lowest BCUT2D eigenvalue weighted by molar-refractivity contribution is -0.691. The summed E-state index contributed by atoms with van der Waals surface area (Å²) in [5.41, 5.74) is 6.50. The Morgan fingerprint density at radius 3 is 2.55 bits per heavy atom. The second kappa shape index (κ2) is 7.68. The fraction of sp³-hybridized carbons (Fsp3) is 0.125. The second-order valence-electron chi connectivity index (χ2n) is 4.64. The molecule has 0 radical (unpaired) electrons. The molecule has 0 atom stereocenters. The molecule has 2 heterocycles. The SMILES string of the molecule is NC(=O)c1cc[n+](CC=CC[n+]2ccccc2C=NO)cc1. The number of hydrogen-bond donors (Lipinski definition) is 2. The summed E-state index contributed by atoms with van der Waals surface area (Å²) in [6.45, 7) is 1.36. The van der Waals surface area contributed by atoms with Crippen molar-refractivity contribution in [3.05, 3.63) is 72.3 Å². The van der Waals surface area contributed by atoms with Crippen LogP contribution in [0.25, 0.3) is 0 Å². The second-order valence-corrected chi connectivity index (χ2v) is 4.64. The van der Waals surface area contributed by atoms with E-state index >= 15 is 0 Å². The molecule has 0 saturated carbocycles. The molecular formula is C16H18N4O2+2. The Labute approximate surface area is 128 Å². The van der Waals surface area contributed by atoms with Crippen molar-refractivity contribution in [1.82, 2.24) is 0 Å². The van der Waals surface area contributed by atoms with E-state index in [0.29, 0.717) is 18.7 Å². The van der Waals surface area contributed by atoms with Gasteiger partial charge >= 0.3 is 0 Å². The largest absolute Gasteiger partial charge is 0.411 e. The highest BCUT2D eigenvalue weighted by Crippen LogP contribution is 1.92. The normalized spacial score (nSPS) is 11.3. The molecule has 0 aliphatic carbocycles. The Balaban J connectivity index is 1.95. The fourth-order valence-corrected chi connectivity index (χ4v) is 1.96. The number of nitrogens with zero attached hydrogens (tertiary/aromatic N) is 3. The van der Waals surface area contributed by atoms with Gasteiger partial charge in [-0.25, -0.2) is 4.57 Å². The Morgan fingerprint density at radius 2 is 1.86 bits per heavy atom. The zero-order valence-electron chi connectivity index (χ0n) is 12.0. The molecule has 1 amide bonds. The highest BCUT2D eigenvalue weighted by molar-refractivity contribution is 5.92. The number of amides is 1. The topological polar surface area (TPSA) is 83.4 Å². The van der Waals surface area contributed by atoms with Crippen LogP contribution < -0.4 is 14.9 Å². The Morgan fingerprint density at radius 1 is 1.14 bits per heavy atom. The fourth-order valence-electron chi connectivity index (χ4n) is 1.96. The minimum absolute atomic E-state index is 0.429. The van der Waals surface area contributed by atoms with Crippen LogP contribution in [0.3, 0.4) is 0 Å². The van der Waals surface area contributed by atoms with Crippen molar-refractivity contribution in [2.45, 2.75) is 13.1 Å². The first kappa shape index (κ1) is 15.4. The zero-order chi connectivity index (χ0) is 15.8. The third kappa shape index (κ3) is 4.24. The molecule has 22 heavy (non-hydrogen) atoms. The van der Waals surface area contributed by atoms with Crippen molar-refractivity contribution in [3.8, 4) is 0 Å². The van der Waals surface area contributed by atoms with E-state index in [9.17, 15) is 4.79 Å². The molecule has 0 bridgehead atoms. The highest BCUT2D eigenvalue weighted by atomic mass is 16.4. The van der Waals surface area contributed by atoms with Gasteiger partial charge in [0.15, 0.2) is 31.7 Å². The van der Waals surface area contributed by atoms with Gasteiger partial charge in [-0.2, -0.15) is 4.57 Å².